The van der Waals surface area contributed by atoms with Crippen LogP contribution in [-0.4, -0.2) is 21.6 Å². The minimum Gasteiger partial charge on any atom is -0.387 e. The smallest absolute Gasteiger partial charge is 0.223 e. The van der Waals surface area contributed by atoms with Gasteiger partial charge in [-0.25, -0.2) is 4.98 Å². The van der Waals surface area contributed by atoms with Crippen molar-refractivity contribution in [1.82, 2.24) is 9.97 Å². The molecule has 1 aromatic heterocycles. The minimum absolute atomic E-state index is 0.0715. The second-order valence-electron chi connectivity index (χ2n) is 3.85. The summed E-state index contributed by atoms with van der Waals surface area (Å²) >= 11 is 11.7. The highest BCUT2D eigenvalue weighted by molar-refractivity contribution is 6.31. The lowest BCUT2D eigenvalue weighted by Crippen LogP contribution is -2.14. The van der Waals surface area contributed by atoms with Gasteiger partial charge in [0.05, 0.1) is 6.10 Å². The van der Waals surface area contributed by atoms with Crippen LogP contribution >= 0.6 is 23.2 Å². The van der Waals surface area contributed by atoms with Gasteiger partial charge in [-0.15, -0.1) is 0 Å². The molecule has 7 heteroatoms. The van der Waals surface area contributed by atoms with E-state index < -0.39 is 6.10 Å². The van der Waals surface area contributed by atoms with E-state index >= 15 is 0 Å². The van der Waals surface area contributed by atoms with Gasteiger partial charge in [-0.05, 0) is 6.07 Å². The van der Waals surface area contributed by atoms with Gasteiger partial charge in [0.1, 0.15) is 11.0 Å². The monoisotopic (exact) mass is 298 g/mol. The second-order valence-corrected chi connectivity index (χ2v) is 4.65. The Hall–Kier alpha value is -1.56. The lowest BCUT2D eigenvalue weighted by atomic mass is 10.1. The third-order valence-electron chi connectivity index (χ3n) is 2.45. The molecule has 0 aliphatic heterocycles. The van der Waals surface area contributed by atoms with E-state index in [1.54, 1.807) is 18.2 Å². The van der Waals surface area contributed by atoms with Gasteiger partial charge in [-0.3, -0.25) is 0 Å². The van der Waals surface area contributed by atoms with Crippen molar-refractivity contribution in [3.63, 3.8) is 0 Å². The van der Waals surface area contributed by atoms with Gasteiger partial charge in [0.2, 0.25) is 5.95 Å². The van der Waals surface area contributed by atoms with Crippen LogP contribution in [-0.2, 0) is 0 Å². The van der Waals surface area contributed by atoms with Crippen molar-refractivity contribution in [3.05, 3.63) is 46.1 Å². The van der Waals surface area contributed by atoms with Gasteiger partial charge in [0, 0.05) is 23.2 Å². The molecule has 0 aliphatic rings. The highest BCUT2D eigenvalue weighted by Gasteiger charge is 2.11. The second kappa shape index (κ2) is 6.06. The number of anilines is 2. The Morgan fingerprint density at radius 2 is 2.00 bits per heavy atom. The number of nitrogens with one attached hydrogen (secondary N) is 1. The van der Waals surface area contributed by atoms with Crippen LogP contribution in [0.1, 0.15) is 11.7 Å². The third-order valence-corrected chi connectivity index (χ3v) is 2.99. The molecule has 100 valence electrons. The van der Waals surface area contributed by atoms with Crippen LogP contribution < -0.4 is 11.1 Å². The molecule has 19 heavy (non-hydrogen) atoms. The zero-order chi connectivity index (χ0) is 13.8. The molecular weight excluding hydrogens is 287 g/mol. The highest BCUT2D eigenvalue weighted by Crippen LogP contribution is 2.23. The summed E-state index contributed by atoms with van der Waals surface area (Å²) in [6, 6.07) is 8.62. The topological polar surface area (TPSA) is 84.1 Å². The van der Waals surface area contributed by atoms with Crippen LogP contribution in [0.25, 0.3) is 0 Å². The number of aromatic nitrogens is 2. The summed E-state index contributed by atoms with van der Waals surface area (Å²) in [4.78, 5) is 7.69. The van der Waals surface area contributed by atoms with Crippen molar-refractivity contribution in [2.45, 2.75) is 6.10 Å². The van der Waals surface area contributed by atoms with Gasteiger partial charge in [0.25, 0.3) is 0 Å². The number of nitrogens with two attached hydrogens (primary N) is 1. The molecule has 0 radical (unpaired) electrons. The van der Waals surface area contributed by atoms with E-state index in [1.807, 2.05) is 6.07 Å². The van der Waals surface area contributed by atoms with Crippen molar-refractivity contribution in [1.29, 1.82) is 0 Å². The van der Waals surface area contributed by atoms with Crippen molar-refractivity contribution >= 4 is 35.0 Å². The molecule has 0 spiro atoms. The summed E-state index contributed by atoms with van der Waals surface area (Å²) in [5.41, 5.74) is 6.11. The van der Waals surface area contributed by atoms with E-state index in [2.05, 4.69) is 15.3 Å². The molecule has 0 aliphatic carbocycles. The van der Waals surface area contributed by atoms with Crippen LogP contribution in [0.2, 0.25) is 10.2 Å². The molecule has 5 nitrogen and oxygen atoms in total. The number of benzene rings is 1. The van der Waals surface area contributed by atoms with Gasteiger partial charge in [-0.2, -0.15) is 4.98 Å². The maximum Gasteiger partial charge on any atom is 0.223 e. The quantitative estimate of drug-likeness (QED) is 0.755. The standard InChI is InChI=1S/C12H12Cl2N4O/c13-8-4-2-1-3-7(8)9(19)6-16-11-5-10(14)17-12(15)18-11/h1-5,9,19H,6H2,(H3,15,16,17,18). The zero-order valence-corrected chi connectivity index (χ0v) is 11.4. The lowest BCUT2D eigenvalue weighted by Gasteiger charge is -2.14. The summed E-state index contributed by atoms with van der Waals surface area (Å²) in [5.74, 6) is 0.519. The van der Waals surface area contributed by atoms with Gasteiger partial charge < -0.3 is 16.2 Å². The number of hydrogen-bond acceptors (Lipinski definition) is 5. The zero-order valence-electron chi connectivity index (χ0n) is 9.85. The van der Waals surface area contributed by atoms with Crippen LogP contribution in [0, 0.1) is 0 Å². The fraction of sp³-hybridized carbons (Fsp3) is 0.167. The fourth-order valence-electron chi connectivity index (χ4n) is 1.58. The van der Waals surface area contributed by atoms with E-state index in [-0.39, 0.29) is 17.6 Å². The van der Waals surface area contributed by atoms with E-state index in [0.717, 1.165) is 0 Å². The van der Waals surface area contributed by atoms with Crippen LogP contribution in [0.5, 0.6) is 0 Å². The Morgan fingerprint density at radius 1 is 1.26 bits per heavy atom. The van der Waals surface area contributed by atoms with Crippen LogP contribution in [0.3, 0.4) is 0 Å². The van der Waals surface area contributed by atoms with E-state index in [4.69, 9.17) is 28.9 Å². The predicted molar refractivity (Wildman–Crippen MR) is 76.4 cm³/mol. The van der Waals surface area contributed by atoms with E-state index in [0.29, 0.717) is 16.4 Å². The molecular formula is C12H12Cl2N4O. The summed E-state index contributed by atoms with van der Waals surface area (Å²) in [6.45, 7) is 0.233. The van der Waals surface area contributed by atoms with Crippen molar-refractivity contribution in [2.75, 3.05) is 17.6 Å². The van der Waals surface area contributed by atoms with E-state index in [1.165, 1.54) is 6.07 Å². The molecule has 2 rings (SSSR count). The Kier molecular flexibility index (Phi) is 4.42. The van der Waals surface area contributed by atoms with E-state index in [9.17, 15) is 5.11 Å². The summed E-state index contributed by atoms with van der Waals surface area (Å²) in [6.07, 6.45) is -0.760. The number of rotatable bonds is 4. The fourth-order valence-corrected chi connectivity index (χ4v) is 2.03. The first-order chi connectivity index (χ1) is 9.06. The number of nitrogen functional groups attached to an aromatic ring is 1. The molecule has 0 bridgehead atoms. The first-order valence-corrected chi connectivity index (χ1v) is 6.28. The van der Waals surface area contributed by atoms with Crippen LogP contribution in [0.15, 0.2) is 30.3 Å². The molecule has 1 heterocycles. The SMILES string of the molecule is Nc1nc(Cl)cc(NCC(O)c2ccccc2Cl)n1. The first-order valence-electron chi connectivity index (χ1n) is 5.52. The molecule has 0 saturated heterocycles. The Labute approximate surface area is 120 Å². The number of aliphatic hydroxyl groups is 1. The molecule has 1 aromatic carbocycles. The molecule has 1 atom stereocenters. The third kappa shape index (κ3) is 3.70. The minimum atomic E-state index is -0.760. The Bertz CT molecular complexity index is 559. The van der Waals surface area contributed by atoms with Crippen molar-refractivity contribution in [2.24, 2.45) is 0 Å². The van der Waals surface area contributed by atoms with Crippen molar-refractivity contribution in [3.8, 4) is 0 Å². The molecule has 2 aromatic rings. The Balaban J connectivity index is 2.04. The summed E-state index contributed by atoms with van der Waals surface area (Å²) < 4.78 is 0. The largest absolute Gasteiger partial charge is 0.387 e. The maximum atomic E-state index is 10.0. The van der Waals surface area contributed by atoms with Gasteiger partial charge in [-0.1, -0.05) is 41.4 Å². The normalized spacial score (nSPS) is 12.2. The summed E-state index contributed by atoms with van der Waals surface area (Å²) in [7, 11) is 0. The average Bonchev–Trinajstić information content (AvgIpc) is 2.35. The molecule has 4 N–H and O–H groups in total. The van der Waals surface area contributed by atoms with Gasteiger partial charge >= 0.3 is 0 Å². The number of aliphatic hydroxyl groups excluding tert-OH is 1. The molecule has 1 unspecified atom stereocenters. The van der Waals surface area contributed by atoms with Gasteiger partial charge in [0.15, 0.2) is 0 Å². The Morgan fingerprint density at radius 3 is 2.68 bits per heavy atom. The molecule has 0 amide bonds. The first kappa shape index (κ1) is 13.9. The number of halogens is 2. The molecule has 0 saturated carbocycles. The van der Waals surface area contributed by atoms with Crippen LogP contribution in [0.4, 0.5) is 11.8 Å². The summed E-state index contributed by atoms with van der Waals surface area (Å²) in [5, 5.41) is 13.7. The lowest BCUT2D eigenvalue weighted by molar-refractivity contribution is 0.191. The number of nitrogens with zero attached hydrogens (tertiary/aromatic N) is 2. The number of hydrogen-bond donors (Lipinski definition) is 3. The highest BCUT2D eigenvalue weighted by atomic mass is 35.5. The maximum absolute atomic E-state index is 10.0. The predicted octanol–water partition coefficient (Wildman–Crippen LogP) is 2.51. The molecule has 0 fully saturated rings. The van der Waals surface area contributed by atoms with Crippen molar-refractivity contribution < 1.29 is 5.11 Å². The average molecular weight is 299 g/mol.